The molecule has 0 spiro atoms. The molecular weight excluding hydrogens is 266 g/mol. The molecule has 106 valence electrons. The first-order chi connectivity index (χ1) is 10.1. The van der Waals surface area contributed by atoms with Gasteiger partial charge in [-0.05, 0) is 42.5 Å². The van der Waals surface area contributed by atoms with Gasteiger partial charge in [0, 0.05) is 18.4 Å². The van der Waals surface area contributed by atoms with Crippen LogP contribution < -0.4 is 15.4 Å². The van der Waals surface area contributed by atoms with Gasteiger partial charge < -0.3 is 15.4 Å². The maximum atomic E-state index is 12.1. The molecule has 5 heteroatoms. The minimum Gasteiger partial charge on any atom is -0.484 e. The molecule has 0 radical (unpaired) electrons. The predicted molar refractivity (Wildman–Crippen MR) is 80.9 cm³/mol. The average molecular weight is 281 g/mol. The van der Waals surface area contributed by atoms with E-state index >= 15 is 0 Å². The Balaban J connectivity index is 1.99. The molecule has 21 heavy (non-hydrogen) atoms. The fourth-order valence-corrected chi connectivity index (χ4v) is 1.73. The lowest BCUT2D eigenvalue weighted by molar-refractivity contribution is -0.120. The quantitative estimate of drug-likeness (QED) is 0.871. The molecule has 2 aromatic carbocycles. The molecule has 1 amide bonds. The second-order valence-corrected chi connectivity index (χ2v) is 4.47. The van der Waals surface area contributed by atoms with Gasteiger partial charge in [-0.1, -0.05) is 6.07 Å². The van der Waals surface area contributed by atoms with Crippen LogP contribution in [0.3, 0.4) is 0 Å². The minimum absolute atomic E-state index is 0.0861. The number of rotatable bonds is 4. The van der Waals surface area contributed by atoms with Crippen molar-refractivity contribution in [2.24, 2.45) is 0 Å². The van der Waals surface area contributed by atoms with Gasteiger partial charge >= 0.3 is 0 Å². The fraction of sp³-hybridized carbons (Fsp3) is 0.125. The number of nitrogens with two attached hydrogens (primary N) is 1. The van der Waals surface area contributed by atoms with Crippen LogP contribution in [0.2, 0.25) is 0 Å². The van der Waals surface area contributed by atoms with Gasteiger partial charge in [-0.3, -0.25) is 4.79 Å². The Morgan fingerprint density at radius 1 is 1.29 bits per heavy atom. The topological polar surface area (TPSA) is 79.3 Å². The number of benzene rings is 2. The van der Waals surface area contributed by atoms with Crippen LogP contribution in [-0.2, 0) is 4.79 Å². The maximum absolute atomic E-state index is 12.1. The van der Waals surface area contributed by atoms with E-state index in [4.69, 9.17) is 15.7 Å². The third-order valence-corrected chi connectivity index (χ3v) is 2.98. The summed E-state index contributed by atoms with van der Waals surface area (Å²) >= 11 is 0. The molecule has 0 aliphatic heterocycles. The largest absolute Gasteiger partial charge is 0.484 e. The Kier molecular flexibility index (Phi) is 4.42. The first-order valence-corrected chi connectivity index (χ1v) is 6.35. The number of ether oxygens (including phenoxy) is 1. The van der Waals surface area contributed by atoms with Crippen molar-refractivity contribution >= 4 is 17.3 Å². The van der Waals surface area contributed by atoms with Gasteiger partial charge in [0.1, 0.15) is 5.75 Å². The van der Waals surface area contributed by atoms with Gasteiger partial charge in [-0.25, -0.2) is 0 Å². The minimum atomic E-state index is -0.207. The summed E-state index contributed by atoms with van der Waals surface area (Å²) in [5.74, 6) is 0.374. The summed E-state index contributed by atoms with van der Waals surface area (Å²) in [5, 5.41) is 8.87. The van der Waals surface area contributed by atoms with E-state index in [9.17, 15) is 4.79 Å². The Bertz CT molecular complexity index is 675. The third-order valence-electron chi connectivity index (χ3n) is 2.98. The van der Waals surface area contributed by atoms with Gasteiger partial charge in [0.2, 0.25) is 0 Å². The van der Waals surface area contributed by atoms with Crippen LogP contribution in [-0.4, -0.2) is 19.6 Å². The molecule has 2 aromatic rings. The van der Waals surface area contributed by atoms with Crippen molar-refractivity contribution < 1.29 is 9.53 Å². The summed E-state index contributed by atoms with van der Waals surface area (Å²) in [6, 6.07) is 15.7. The highest BCUT2D eigenvalue weighted by Crippen LogP contribution is 2.16. The summed E-state index contributed by atoms with van der Waals surface area (Å²) in [7, 11) is 1.64. The molecule has 0 saturated heterocycles. The van der Waals surface area contributed by atoms with E-state index in [0.717, 1.165) is 0 Å². The van der Waals surface area contributed by atoms with Crippen LogP contribution in [0.15, 0.2) is 48.5 Å². The van der Waals surface area contributed by atoms with Gasteiger partial charge in [-0.2, -0.15) is 5.26 Å². The molecule has 2 N–H and O–H groups in total. The van der Waals surface area contributed by atoms with E-state index in [1.54, 1.807) is 55.6 Å². The van der Waals surface area contributed by atoms with Crippen molar-refractivity contribution in [2.45, 2.75) is 0 Å². The molecule has 0 fully saturated rings. The number of nitrogen functional groups attached to an aromatic ring is 1. The average Bonchev–Trinajstić information content (AvgIpc) is 2.53. The van der Waals surface area contributed by atoms with E-state index in [1.807, 2.05) is 6.07 Å². The van der Waals surface area contributed by atoms with E-state index in [-0.39, 0.29) is 12.5 Å². The number of carbonyl (C=O) groups is 1. The summed E-state index contributed by atoms with van der Waals surface area (Å²) in [6.45, 7) is -0.0861. The van der Waals surface area contributed by atoms with E-state index in [2.05, 4.69) is 0 Å². The van der Waals surface area contributed by atoms with Gasteiger partial charge in [0.05, 0.1) is 11.6 Å². The number of carbonyl (C=O) groups excluding carboxylic acids is 1. The lowest BCUT2D eigenvalue weighted by Crippen LogP contribution is -2.31. The first-order valence-electron chi connectivity index (χ1n) is 6.35. The van der Waals surface area contributed by atoms with Gasteiger partial charge in [0.25, 0.3) is 5.91 Å². The highest BCUT2D eigenvalue weighted by atomic mass is 16.5. The normalized spacial score (nSPS) is 9.71. The number of amides is 1. The van der Waals surface area contributed by atoms with Crippen molar-refractivity contribution in [3.63, 3.8) is 0 Å². The Labute approximate surface area is 123 Å². The zero-order valence-electron chi connectivity index (χ0n) is 11.6. The molecule has 2 rings (SSSR count). The molecule has 5 nitrogen and oxygen atoms in total. The number of nitriles is 1. The van der Waals surface area contributed by atoms with Crippen molar-refractivity contribution in [1.82, 2.24) is 0 Å². The molecule has 0 heterocycles. The highest BCUT2D eigenvalue weighted by Gasteiger charge is 2.12. The Morgan fingerprint density at radius 2 is 2.00 bits per heavy atom. The summed E-state index contributed by atoms with van der Waals surface area (Å²) < 4.78 is 5.41. The molecular formula is C16H15N3O2. The van der Waals surface area contributed by atoms with Gasteiger partial charge in [-0.15, -0.1) is 0 Å². The molecule has 0 bridgehead atoms. The molecule has 0 aromatic heterocycles. The van der Waals surface area contributed by atoms with Crippen molar-refractivity contribution in [2.75, 3.05) is 24.3 Å². The van der Waals surface area contributed by atoms with Crippen LogP contribution in [0.1, 0.15) is 5.56 Å². The van der Waals surface area contributed by atoms with Crippen molar-refractivity contribution in [1.29, 1.82) is 5.26 Å². The number of likely N-dealkylation sites (N-methyl/N-ethyl adjacent to an activating group) is 1. The molecule has 0 atom stereocenters. The SMILES string of the molecule is CN(C(=O)COc1ccc(N)cc1)c1cccc(C#N)c1. The Morgan fingerprint density at radius 3 is 2.67 bits per heavy atom. The fourth-order valence-electron chi connectivity index (χ4n) is 1.73. The first kappa shape index (κ1) is 14.4. The van der Waals surface area contributed by atoms with E-state index in [1.165, 1.54) is 4.90 Å². The second-order valence-electron chi connectivity index (χ2n) is 4.47. The molecule has 0 aliphatic carbocycles. The number of nitrogens with zero attached hydrogens (tertiary/aromatic N) is 2. The third kappa shape index (κ3) is 3.74. The van der Waals surface area contributed by atoms with Crippen LogP contribution in [0.5, 0.6) is 5.75 Å². The lowest BCUT2D eigenvalue weighted by atomic mass is 10.2. The Hall–Kier alpha value is -3.00. The van der Waals surface area contributed by atoms with Gasteiger partial charge in [0.15, 0.2) is 6.61 Å². The molecule has 0 unspecified atom stereocenters. The maximum Gasteiger partial charge on any atom is 0.264 e. The second kappa shape index (κ2) is 6.44. The number of hydrogen-bond acceptors (Lipinski definition) is 4. The smallest absolute Gasteiger partial charge is 0.264 e. The van der Waals surface area contributed by atoms with E-state index < -0.39 is 0 Å². The predicted octanol–water partition coefficient (Wildman–Crippen LogP) is 2.18. The summed E-state index contributed by atoms with van der Waals surface area (Å²) in [5.41, 5.74) is 7.37. The molecule has 0 saturated carbocycles. The van der Waals surface area contributed by atoms with Crippen LogP contribution in [0.4, 0.5) is 11.4 Å². The highest BCUT2D eigenvalue weighted by molar-refractivity contribution is 5.94. The van der Waals surface area contributed by atoms with Crippen LogP contribution >= 0.6 is 0 Å². The summed E-state index contributed by atoms with van der Waals surface area (Å²) in [4.78, 5) is 13.5. The summed E-state index contributed by atoms with van der Waals surface area (Å²) in [6.07, 6.45) is 0. The van der Waals surface area contributed by atoms with Crippen LogP contribution in [0.25, 0.3) is 0 Å². The van der Waals surface area contributed by atoms with E-state index in [0.29, 0.717) is 22.7 Å². The van der Waals surface area contributed by atoms with Crippen molar-refractivity contribution in [3.8, 4) is 11.8 Å². The monoisotopic (exact) mass is 281 g/mol. The lowest BCUT2D eigenvalue weighted by Gasteiger charge is -2.17. The zero-order valence-corrected chi connectivity index (χ0v) is 11.6. The standard InChI is InChI=1S/C16H15N3O2/c1-19(14-4-2-3-12(9-14)10-17)16(20)11-21-15-7-5-13(18)6-8-15/h2-9H,11,18H2,1H3. The number of hydrogen-bond donors (Lipinski definition) is 1. The van der Waals surface area contributed by atoms with Crippen molar-refractivity contribution in [3.05, 3.63) is 54.1 Å². The van der Waals surface area contributed by atoms with Crippen LogP contribution in [0, 0.1) is 11.3 Å². The number of anilines is 2. The zero-order chi connectivity index (χ0) is 15.2. The molecule has 0 aliphatic rings.